The second kappa shape index (κ2) is 5.51. The van der Waals surface area contributed by atoms with Crippen LogP contribution in [-0.4, -0.2) is 28.3 Å². The largest absolute Gasteiger partial charge is 0.495 e. The van der Waals surface area contributed by atoms with Gasteiger partial charge in [0.25, 0.3) is 0 Å². The Labute approximate surface area is 103 Å². The molecule has 0 aromatic heterocycles. The summed E-state index contributed by atoms with van der Waals surface area (Å²) in [6.07, 6.45) is 2.04. The van der Waals surface area contributed by atoms with Crippen molar-refractivity contribution in [2.75, 3.05) is 19.9 Å². The molecule has 0 radical (unpaired) electrons. The highest BCUT2D eigenvalue weighted by molar-refractivity contribution is 7.90. The van der Waals surface area contributed by atoms with E-state index in [1.54, 1.807) is 12.1 Å². The quantitative estimate of drug-likeness (QED) is 0.869. The third-order valence-electron chi connectivity index (χ3n) is 2.76. The highest BCUT2D eigenvalue weighted by atomic mass is 32.2. The molecule has 17 heavy (non-hydrogen) atoms. The molecule has 0 saturated carbocycles. The molecule has 0 amide bonds. The van der Waals surface area contributed by atoms with E-state index < -0.39 is 9.84 Å². The van der Waals surface area contributed by atoms with E-state index in [0.717, 1.165) is 12.0 Å². The third-order valence-corrected chi connectivity index (χ3v) is 3.89. The standard InChI is InChI=1S/C12H19NO3S/c1-9(6-7-13)10-4-5-12(17(3,14)15)11(8-10)16-2/h4-5,8-9H,6-7,13H2,1-3H3. The van der Waals surface area contributed by atoms with Crippen LogP contribution in [0, 0.1) is 0 Å². The van der Waals surface area contributed by atoms with E-state index in [-0.39, 0.29) is 4.90 Å². The van der Waals surface area contributed by atoms with Crippen molar-refractivity contribution >= 4 is 9.84 Å². The maximum atomic E-state index is 11.5. The number of methoxy groups -OCH3 is 1. The zero-order valence-corrected chi connectivity index (χ0v) is 11.3. The summed E-state index contributed by atoms with van der Waals surface area (Å²) in [5.74, 6) is 0.691. The van der Waals surface area contributed by atoms with Crippen LogP contribution in [-0.2, 0) is 9.84 Å². The zero-order chi connectivity index (χ0) is 13.1. The van der Waals surface area contributed by atoms with Gasteiger partial charge in [0.15, 0.2) is 9.84 Å². The molecule has 1 atom stereocenters. The van der Waals surface area contributed by atoms with Gasteiger partial charge < -0.3 is 10.5 Å². The number of nitrogens with two attached hydrogens (primary N) is 1. The van der Waals surface area contributed by atoms with Gasteiger partial charge in [0.2, 0.25) is 0 Å². The molecule has 1 aromatic rings. The molecule has 4 nitrogen and oxygen atoms in total. The van der Waals surface area contributed by atoms with E-state index in [1.807, 2.05) is 6.07 Å². The summed E-state index contributed by atoms with van der Waals surface area (Å²) in [4.78, 5) is 0.226. The van der Waals surface area contributed by atoms with Gasteiger partial charge in [0, 0.05) is 6.26 Å². The second-order valence-electron chi connectivity index (χ2n) is 4.16. The number of benzene rings is 1. The average Bonchev–Trinajstić information content (AvgIpc) is 2.27. The molecule has 0 aliphatic carbocycles. The molecule has 0 heterocycles. The summed E-state index contributed by atoms with van der Waals surface area (Å²) in [6.45, 7) is 2.67. The van der Waals surface area contributed by atoms with Crippen molar-refractivity contribution < 1.29 is 13.2 Å². The van der Waals surface area contributed by atoms with Gasteiger partial charge >= 0.3 is 0 Å². The van der Waals surface area contributed by atoms with Crippen LogP contribution >= 0.6 is 0 Å². The summed E-state index contributed by atoms with van der Waals surface area (Å²) >= 11 is 0. The molecular weight excluding hydrogens is 238 g/mol. The lowest BCUT2D eigenvalue weighted by Crippen LogP contribution is -2.06. The molecule has 0 aliphatic heterocycles. The summed E-state index contributed by atoms with van der Waals surface area (Å²) in [7, 11) is -1.78. The molecule has 0 saturated heterocycles. The highest BCUT2D eigenvalue weighted by Gasteiger charge is 2.16. The molecule has 0 spiro atoms. The van der Waals surface area contributed by atoms with Gasteiger partial charge in [-0.2, -0.15) is 0 Å². The minimum Gasteiger partial charge on any atom is -0.495 e. The molecule has 96 valence electrons. The van der Waals surface area contributed by atoms with Gasteiger partial charge in [-0.3, -0.25) is 0 Å². The van der Waals surface area contributed by atoms with Crippen molar-refractivity contribution in [3.05, 3.63) is 23.8 Å². The fraction of sp³-hybridized carbons (Fsp3) is 0.500. The summed E-state index contributed by atoms with van der Waals surface area (Å²) in [5.41, 5.74) is 6.55. The Hall–Kier alpha value is -1.07. The summed E-state index contributed by atoms with van der Waals surface area (Å²) in [5, 5.41) is 0. The second-order valence-corrected chi connectivity index (χ2v) is 6.15. The molecule has 2 N–H and O–H groups in total. The van der Waals surface area contributed by atoms with Crippen LogP contribution in [0.5, 0.6) is 5.75 Å². The molecule has 1 rings (SSSR count). The van der Waals surface area contributed by atoms with E-state index in [1.165, 1.54) is 13.4 Å². The van der Waals surface area contributed by atoms with Crippen LogP contribution in [0.1, 0.15) is 24.8 Å². The van der Waals surface area contributed by atoms with Crippen LogP contribution in [0.2, 0.25) is 0 Å². The first kappa shape index (κ1) is 14.0. The summed E-state index contributed by atoms with van der Waals surface area (Å²) < 4.78 is 28.2. The van der Waals surface area contributed by atoms with E-state index >= 15 is 0 Å². The monoisotopic (exact) mass is 257 g/mol. The normalized spacial score (nSPS) is 13.4. The zero-order valence-electron chi connectivity index (χ0n) is 10.4. The predicted octanol–water partition coefficient (Wildman–Crippen LogP) is 1.55. The SMILES string of the molecule is COc1cc(C(C)CCN)ccc1S(C)(=O)=O. The minimum atomic E-state index is -3.25. The summed E-state index contributed by atoms with van der Waals surface area (Å²) in [6, 6.07) is 5.19. The molecule has 1 aromatic carbocycles. The van der Waals surface area contributed by atoms with Gasteiger partial charge in [-0.05, 0) is 36.6 Å². The Kier molecular flexibility index (Phi) is 4.54. The van der Waals surface area contributed by atoms with E-state index in [0.29, 0.717) is 18.2 Å². The van der Waals surface area contributed by atoms with Crippen LogP contribution in [0.3, 0.4) is 0 Å². The highest BCUT2D eigenvalue weighted by Crippen LogP contribution is 2.29. The maximum Gasteiger partial charge on any atom is 0.179 e. The number of hydrogen-bond acceptors (Lipinski definition) is 4. The first-order valence-corrected chi connectivity index (χ1v) is 7.37. The Balaban J connectivity index is 3.18. The number of rotatable bonds is 5. The smallest absolute Gasteiger partial charge is 0.179 e. The van der Waals surface area contributed by atoms with Gasteiger partial charge in [-0.1, -0.05) is 13.0 Å². The number of hydrogen-bond donors (Lipinski definition) is 1. The Morgan fingerprint density at radius 2 is 2.06 bits per heavy atom. The third kappa shape index (κ3) is 3.44. The van der Waals surface area contributed by atoms with Gasteiger partial charge in [-0.15, -0.1) is 0 Å². The lowest BCUT2D eigenvalue weighted by atomic mass is 9.98. The van der Waals surface area contributed by atoms with Crippen LogP contribution < -0.4 is 10.5 Å². The molecular formula is C12H19NO3S. The lowest BCUT2D eigenvalue weighted by Gasteiger charge is -2.14. The molecule has 0 fully saturated rings. The minimum absolute atomic E-state index is 0.226. The molecule has 0 aliphatic rings. The number of sulfone groups is 1. The lowest BCUT2D eigenvalue weighted by molar-refractivity contribution is 0.402. The first-order valence-electron chi connectivity index (χ1n) is 5.48. The Morgan fingerprint density at radius 1 is 1.41 bits per heavy atom. The van der Waals surface area contributed by atoms with Gasteiger partial charge in [0.05, 0.1) is 7.11 Å². The van der Waals surface area contributed by atoms with Crippen LogP contribution in [0.25, 0.3) is 0 Å². The topological polar surface area (TPSA) is 69.4 Å². The van der Waals surface area contributed by atoms with Gasteiger partial charge in [-0.25, -0.2) is 8.42 Å². The van der Waals surface area contributed by atoms with Crippen molar-refractivity contribution in [1.82, 2.24) is 0 Å². The first-order chi connectivity index (χ1) is 7.90. The number of ether oxygens (including phenoxy) is 1. The molecule has 5 heteroatoms. The predicted molar refractivity (Wildman–Crippen MR) is 68.2 cm³/mol. The van der Waals surface area contributed by atoms with E-state index in [4.69, 9.17) is 10.5 Å². The Bertz CT molecular complexity index is 483. The maximum absolute atomic E-state index is 11.5. The fourth-order valence-corrected chi connectivity index (χ4v) is 2.54. The fourth-order valence-electron chi connectivity index (χ4n) is 1.71. The molecule has 1 unspecified atom stereocenters. The van der Waals surface area contributed by atoms with E-state index in [2.05, 4.69) is 6.92 Å². The average molecular weight is 257 g/mol. The van der Waals surface area contributed by atoms with Crippen molar-refractivity contribution in [3.8, 4) is 5.75 Å². The van der Waals surface area contributed by atoms with Crippen LogP contribution in [0.4, 0.5) is 0 Å². The van der Waals surface area contributed by atoms with Crippen molar-refractivity contribution in [2.45, 2.75) is 24.2 Å². The van der Waals surface area contributed by atoms with Crippen molar-refractivity contribution in [2.24, 2.45) is 5.73 Å². The van der Waals surface area contributed by atoms with Gasteiger partial charge in [0.1, 0.15) is 10.6 Å². The van der Waals surface area contributed by atoms with Crippen molar-refractivity contribution in [3.63, 3.8) is 0 Å². The Morgan fingerprint density at radius 3 is 2.53 bits per heavy atom. The van der Waals surface area contributed by atoms with Crippen LogP contribution in [0.15, 0.2) is 23.1 Å². The van der Waals surface area contributed by atoms with Crippen molar-refractivity contribution in [1.29, 1.82) is 0 Å². The molecule has 0 bridgehead atoms. The van der Waals surface area contributed by atoms with E-state index in [9.17, 15) is 8.42 Å².